The second-order valence-corrected chi connectivity index (χ2v) is 4.80. The van der Waals surface area contributed by atoms with Crippen LogP contribution in [0.5, 0.6) is 0 Å². The van der Waals surface area contributed by atoms with E-state index in [1.54, 1.807) is 0 Å². The number of imide groups is 1. The first-order valence-corrected chi connectivity index (χ1v) is 5.63. The number of nitrogens with one attached hydrogen (secondary N) is 2. The molecule has 2 N–H and O–H groups in total. The van der Waals surface area contributed by atoms with Crippen LogP contribution in [0.25, 0.3) is 0 Å². The summed E-state index contributed by atoms with van der Waals surface area (Å²) in [6.07, 6.45) is 0. The van der Waals surface area contributed by atoms with Crippen LogP contribution in [0.3, 0.4) is 0 Å². The van der Waals surface area contributed by atoms with E-state index in [2.05, 4.69) is 10.6 Å². The molecule has 3 amide bonds. The maximum atomic E-state index is 11.9. The minimum absolute atomic E-state index is 0.0163. The van der Waals surface area contributed by atoms with Crippen LogP contribution in [0.2, 0.25) is 0 Å². The zero-order valence-corrected chi connectivity index (χ0v) is 9.35. The fourth-order valence-corrected chi connectivity index (χ4v) is 2.86. The second-order valence-electron chi connectivity index (χ2n) is 3.85. The first-order chi connectivity index (χ1) is 7.07. The largest absolute Gasteiger partial charge is 0.322 e. The summed E-state index contributed by atoms with van der Waals surface area (Å²) in [5, 5.41) is 6.92. The number of thiophene rings is 1. The first kappa shape index (κ1) is 10.2. The Kier molecular flexibility index (Phi) is 2.26. The molecule has 1 aliphatic rings. The molecule has 80 valence electrons. The Morgan fingerprint density at radius 3 is 2.53 bits per heavy atom. The van der Waals surface area contributed by atoms with Crippen molar-refractivity contribution in [3.8, 4) is 0 Å². The Bertz CT molecular complexity index is 400. The maximum absolute atomic E-state index is 11.9. The van der Waals surface area contributed by atoms with Gasteiger partial charge in [0, 0.05) is 4.88 Å². The summed E-state index contributed by atoms with van der Waals surface area (Å²) in [4.78, 5) is 24.0. The normalized spacial score (nSPS) is 25.5. The molecule has 2 rings (SSSR count). The third-order valence-corrected chi connectivity index (χ3v) is 3.68. The zero-order chi connectivity index (χ0) is 11.1. The molecule has 0 spiro atoms. The lowest BCUT2D eigenvalue weighted by Gasteiger charge is -2.28. The van der Waals surface area contributed by atoms with E-state index in [0.29, 0.717) is 0 Å². The number of urea groups is 1. The van der Waals surface area contributed by atoms with Gasteiger partial charge in [-0.1, -0.05) is 19.9 Å². The molecule has 1 aliphatic heterocycles. The molecule has 1 unspecified atom stereocenters. The maximum Gasteiger partial charge on any atom is 0.322 e. The van der Waals surface area contributed by atoms with Gasteiger partial charge in [-0.15, -0.1) is 11.3 Å². The highest BCUT2D eigenvalue weighted by Gasteiger charge is 2.50. The average molecular weight is 224 g/mol. The SMILES string of the molecule is CC(C)C1(c2cccs2)NC(=O)NC1=O. The van der Waals surface area contributed by atoms with E-state index in [9.17, 15) is 9.59 Å². The van der Waals surface area contributed by atoms with Gasteiger partial charge in [0.1, 0.15) is 0 Å². The molecule has 0 saturated carbocycles. The van der Waals surface area contributed by atoms with Gasteiger partial charge in [0.15, 0.2) is 5.54 Å². The summed E-state index contributed by atoms with van der Waals surface area (Å²) in [6.45, 7) is 3.84. The van der Waals surface area contributed by atoms with E-state index >= 15 is 0 Å². The van der Waals surface area contributed by atoms with Crippen LogP contribution in [-0.2, 0) is 10.3 Å². The summed E-state index contributed by atoms with van der Waals surface area (Å²) in [6, 6.07) is 3.33. The molecule has 5 heteroatoms. The van der Waals surface area contributed by atoms with Crippen LogP contribution < -0.4 is 10.6 Å². The Labute approximate surface area is 91.7 Å². The van der Waals surface area contributed by atoms with Gasteiger partial charge in [0.2, 0.25) is 0 Å². The predicted molar refractivity (Wildman–Crippen MR) is 57.5 cm³/mol. The Hall–Kier alpha value is -1.36. The summed E-state index contributed by atoms with van der Waals surface area (Å²) < 4.78 is 0. The monoisotopic (exact) mass is 224 g/mol. The van der Waals surface area contributed by atoms with Crippen molar-refractivity contribution in [3.63, 3.8) is 0 Å². The van der Waals surface area contributed by atoms with E-state index in [0.717, 1.165) is 4.88 Å². The topological polar surface area (TPSA) is 58.2 Å². The van der Waals surface area contributed by atoms with Gasteiger partial charge >= 0.3 is 6.03 Å². The fourth-order valence-electron chi connectivity index (χ4n) is 1.84. The van der Waals surface area contributed by atoms with Crippen molar-refractivity contribution in [2.75, 3.05) is 0 Å². The van der Waals surface area contributed by atoms with Crippen molar-refractivity contribution in [3.05, 3.63) is 22.4 Å². The van der Waals surface area contributed by atoms with E-state index < -0.39 is 11.6 Å². The van der Waals surface area contributed by atoms with Gasteiger partial charge in [-0.25, -0.2) is 4.79 Å². The molecule has 1 aromatic rings. The standard InChI is InChI=1S/C10H12N2O2S/c1-6(2)10(7-4-3-5-15-7)8(13)11-9(14)12-10/h3-6H,1-2H3,(H2,11,12,13,14). The first-order valence-electron chi connectivity index (χ1n) is 4.75. The van der Waals surface area contributed by atoms with Crippen molar-refractivity contribution in [1.29, 1.82) is 0 Å². The van der Waals surface area contributed by atoms with E-state index in [1.807, 2.05) is 31.4 Å². The number of hydrogen-bond donors (Lipinski definition) is 2. The molecule has 1 atom stereocenters. The molecule has 4 nitrogen and oxygen atoms in total. The average Bonchev–Trinajstić information content (AvgIpc) is 2.72. The van der Waals surface area contributed by atoms with E-state index in [1.165, 1.54) is 11.3 Å². The fraction of sp³-hybridized carbons (Fsp3) is 0.400. The van der Waals surface area contributed by atoms with Crippen LogP contribution in [0.15, 0.2) is 17.5 Å². The molecular weight excluding hydrogens is 212 g/mol. The zero-order valence-electron chi connectivity index (χ0n) is 8.53. The molecule has 1 aromatic heterocycles. The molecule has 2 heterocycles. The summed E-state index contributed by atoms with van der Waals surface area (Å²) >= 11 is 1.48. The molecule has 15 heavy (non-hydrogen) atoms. The van der Waals surface area contributed by atoms with Gasteiger partial charge in [-0.2, -0.15) is 0 Å². The summed E-state index contributed by atoms with van der Waals surface area (Å²) in [5.41, 5.74) is -0.884. The number of carbonyl (C=O) groups is 2. The molecule has 0 aromatic carbocycles. The highest BCUT2D eigenvalue weighted by atomic mass is 32.1. The smallest absolute Gasteiger partial charge is 0.318 e. The highest BCUT2D eigenvalue weighted by molar-refractivity contribution is 7.10. The molecule has 1 saturated heterocycles. The lowest BCUT2D eigenvalue weighted by Crippen LogP contribution is -2.47. The van der Waals surface area contributed by atoms with Gasteiger partial charge in [0.05, 0.1) is 0 Å². The van der Waals surface area contributed by atoms with Crippen LogP contribution in [0.4, 0.5) is 4.79 Å². The third-order valence-electron chi connectivity index (χ3n) is 2.67. The molecule has 0 aliphatic carbocycles. The van der Waals surface area contributed by atoms with Crippen molar-refractivity contribution >= 4 is 23.3 Å². The van der Waals surface area contributed by atoms with E-state index in [-0.39, 0.29) is 11.8 Å². The van der Waals surface area contributed by atoms with Crippen molar-refractivity contribution in [2.24, 2.45) is 5.92 Å². The Balaban J connectivity index is 2.51. The lowest BCUT2D eigenvalue weighted by molar-refractivity contribution is -0.125. The van der Waals surface area contributed by atoms with Crippen LogP contribution in [-0.4, -0.2) is 11.9 Å². The van der Waals surface area contributed by atoms with Crippen LogP contribution >= 0.6 is 11.3 Å². The minimum atomic E-state index is -0.884. The number of amides is 3. The summed E-state index contributed by atoms with van der Waals surface area (Å²) in [7, 11) is 0. The predicted octanol–water partition coefficient (Wildman–Crippen LogP) is 1.44. The minimum Gasteiger partial charge on any atom is -0.318 e. The number of hydrogen-bond acceptors (Lipinski definition) is 3. The Morgan fingerprint density at radius 1 is 1.40 bits per heavy atom. The summed E-state index contributed by atoms with van der Waals surface area (Å²) in [5.74, 6) is -0.243. The molecular formula is C10H12N2O2S. The molecule has 1 fully saturated rings. The number of carbonyl (C=O) groups excluding carboxylic acids is 2. The highest BCUT2D eigenvalue weighted by Crippen LogP contribution is 2.35. The lowest BCUT2D eigenvalue weighted by atomic mass is 9.85. The van der Waals surface area contributed by atoms with Crippen molar-refractivity contribution in [2.45, 2.75) is 19.4 Å². The van der Waals surface area contributed by atoms with Gasteiger partial charge in [-0.05, 0) is 17.4 Å². The van der Waals surface area contributed by atoms with Crippen molar-refractivity contribution < 1.29 is 9.59 Å². The van der Waals surface area contributed by atoms with Crippen LogP contribution in [0, 0.1) is 5.92 Å². The number of rotatable bonds is 2. The van der Waals surface area contributed by atoms with Crippen LogP contribution in [0.1, 0.15) is 18.7 Å². The quantitative estimate of drug-likeness (QED) is 0.747. The van der Waals surface area contributed by atoms with Gasteiger partial charge in [-0.3, -0.25) is 10.1 Å². The molecule has 0 bridgehead atoms. The molecule has 0 radical (unpaired) electrons. The van der Waals surface area contributed by atoms with E-state index in [4.69, 9.17) is 0 Å². The van der Waals surface area contributed by atoms with Gasteiger partial charge in [0.25, 0.3) is 5.91 Å². The van der Waals surface area contributed by atoms with Crippen molar-refractivity contribution in [1.82, 2.24) is 10.6 Å². The third kappa shape index (κ3) is 1.34. The Morgan fingerprint density at radius 2 is 2.13 bits per heavy atom. The van der Waals surface area contributed by atoms with Gasteiger partial charge < -0.3 is 5.32 Å². The second kappa shape index (κ2) is 3.34.